The molecule has 8 heteroatoms. The molecule has 0 N–H and O–H groups in total. The Morgan fingerprint density at radius 2 is 2.17 bits per heavy atom. The van der Waals surface area contributed by atoms with Crippen LogP contribution in [0, 0.1) is 11.3 Å². The predicted molar refractivity (Wildman–Crippen MR) is 113 cm³/mol. The fourth-order valence-electron chi connectivity index (χ4n) is 4.21. The highest BCUT2D eigenvalue weighted by molar-refractivity contribution is 5.77. The summed E-state index contributed by atoms with van der Waals surface area (Å²) < 4.78 is 6.87. The molecule has 2 fully saturated rings. The van der Waals surface area contributed by atoms with Crippen molar-refractivity contribution in [1.29, 1.82) is 5.26 Å². The van der Waals surface area contributed by atoms with E-state index in [2.05, 4.69) is 23.0 Å². The zero-order valence-electron chi connectivity index (χ0n) is 17.8. The van der Waals surface area contributed by atoms with E-state index in [0.29, 0.717) is 44.1 Å². The van der Waals surface area contributed by atoms with Crippen molar-refractivity contribution in [2.45, 2.75) is 38.1 Å². The lowest BCUT2D eigenvalue weighted by atomic mass is 10.0. The van der Waals surface area contributed by atoms with E-state index in [1.165, 1.54) is 0 Å². The van der Waals surface area contributed by atoms with Crippen LogP contribution in [-0.2, 0) is 16.6 Å². The first-order chi connectivity index (χ1) is 14.5. The maximum atomic E-state index is 12.4. The van der Waals surface area contributed by atoms with Crippen LogP contribution in [0.1, 0.15) is 43.4 Å². The Morgan fingerprint density at radius 3 is 2.77 bits per heavy atom. The topological polar surface area (TPSA) is 87.3 Å². The van der Waals surface area contributed by atoms with Gasteiger partial charge in [0.05, 0.1) is 30.0 Å². The maximum Gasteiger partial charge on any atom is 0.225 e. The van der Waals surface area contributed by atoms with Crippen molar-refractivity contribution in [3.05, 3.63) is 29.6 Å². The van der Waals surface area contributed by atoms with Gasteiger partial charge >= 0.3 is 0 Å². The number of pyridine rings is 1. The third-order valence-corrected chi connectivity index (χ3v) is 5.98. The highest BCUT2D eigenvalue weighted by Gasteiger charge is 2.33. The first kappa shape index (κ1) is 20.4. The first-order valence-electron chi connectivity index (χ1n) is 10.5. The number of aromatic nitrogens is 3. The van der Waals surface area contributed by atoms with Crippen LogP contribution in [0.15, 0.2) is 18.3 Å². The van der Waals surface area contributed by atoms with E-state index in [-0.39, 0.29) is 11.9 Å². The number of ether oxygens (including phenoxy) is 1. The summed E-state index contributed by atoms with van der Waals surface area (Å²) in [5, 5.41) is 14.2. The molecule has 4 rings (SSSR count). The van der Waals surface area contributed by atoms with Crippen molar-refractivity contribution in [2.24, 2.45) is 7.05 Å². The van der Waals surface area contributed by atoms with Gasteiger partial charge in [0.25, 0.3) is 0 Å². The number of hydrogen-bond acceptors (Lipinski definition) is 6. The largest absolute Gasteiger partial charge is 0.384 e. The van der Waals surface area contributed by atoms with Crippen molar-refractivity contribution in [1.82, 2.24) is 19.7 Å². The molecule has 1 atom stereocenters. The van der Waals surface area contributed by atoms with Gasteiger partial charge in [-0.15, -0.1) is 0 Å². The Hall–Kier alpha value is -2.92. The molecular weight excluding hydrogens is 380 g/mol. The van der Waals surface area contributed by atoms with Gasteiger partial charge in [-0.05, 0) is 31.9 Å². The van der Waals surface area contributed by atoms with Gasteiger partial charge in [-0.2, -0.15) is 10.4 Å². The van der Waals surface area contributed by atoms with Crippen molar-refractivity contribution in [3.63, 3.8) is 0 Å². The Labute approximate surface area is 177 Å². The summed E-state index contributed by atoms with van der Waals surface area (Å²) in [5.41, 5.74) is 3.61. The van der Waals surface area contributed by atoms with Crippen LogP contribution in [0.5, 0.6) is 0 Å². The van der Waals surface area contributed by atoms with E-state index in [4.69, 9.17) is 9.72 Å². The number of anilines is 1. The van der Waals surface area contributed by atoms with Crippen LogP contribution < -0.4 is 4.90 Å². The fraction of sp³-hybridized carbons (Fsp3) is 0.545. The molecule has 158 valence electrons. The lowest BCUT2D eigenvalue weighted by Crippen LogP contribution is -2.54. The van der Waals surface area contributed by atoms with Gasteiger partial charge in [0.15, 0.2) is 0 Å². The molecule has 0 radical (unpaired) electrons. The number of piperazine rings is 1. The van der Waals surface area contributed by atoms with E-state index in [0.717, 1.165) is 35.6 Å². The molecule has 30 heavy (non-hydrogen) atoms. The molecule has 1 saturated heterocycles. The van der Waals surface area contributed by atoms with Gasteiger partial charge in [0, 0.05) is 57.5 Å². The molecule has 2 aliphatic rings. The Balaban J connectivity index is 1.62. The standard InChI is InChI=1S/C22H28N6O2/c1-15-14-27(9-10-28(15)20(29)7-11-30-3)22-17(13-23)12-18(19-6-8-24-26(19)2)21(25-22)16-4-5-16/h6,8,12,15-16H,4-5,7,9-11,14H2,1-3H3/t15-/m1/s1. The smallest absolute Gasteiger partial charge is 0.225 e. The van der Waals surface area contributed by atoms with Crippen LogP contribution in [0.2, 0.25) is 0 Å². The second-order valence-corrected chi connectivity index (χ2v) is 8.14. The van der Waals surface area contributed by atoms with Gasteiger partial charge in [0.1, 0.15) is 11.9 Å². The lowest BCUT2D eigenvalue weighted by Gasteiger charge is -2.41. The summed E-state index contributed by atoms with van der Waals surface area (Å²) in [7, 11) is 3.52. The summed E-state index contributed by atoms with van der Waals surface area (Å²) in [4.78, 5) is 21.5. The molecule has 2 aromatic heterocycles. The molecule has 1 aliphatic carbocycles. The number of nitriles is 1. The van der Waals surface area contributed by atoms with Crippen LogP contribution >= 0.6 is 0 Å². The van der Waals surface area contributed by atoms with Gasteiger partial charge in [-0.1, -0.05) is 0 Å². The molecule has 8 nitrogen and oxygen atoms in total. The van der Waals surface area contributed by atoms with E-state index < -0.39 is 0 Å². The number of carbonyl (C=O) groups is 1. The monoisotopic (exact) mass is 408 g/mol. The van der Waals surface area contributed by atoms with Crippen LogP contribution in [0.3, 0.4) is 0 Å². The molecule has 0 spiro atoms. The van der Waals surface area contributed by atoms with Gasteiger partial charge in [-0.25, -0.2) is 4.98 Å². The van der Waals surface area contributed by atoms with Gasteiger partial charge in [0.2, 0.25) is 5.91 Å². The fourth-order valence-corrected chi connectivity index (χ4v) is 4.21. The van der Waals surface area contributed by atoms with Crippen LogP contribution in [-0.4, -0.2) is 65.0 Å². The highest BCUT2D eigenvalue weighted by atomic mass is 16.5. The Morgan fingerprint density at radius 1 is 1.37 bits per heavy atom. The predicted octanol–water partition coefficient (Wildman–Crippen LogP) is 2.30. The Kier molecular flexibility index (Phi) is 5.73. The van der Waals surface area contributed by atoms with E-state index in [1.54, 1.807) is 13.3 Å². The average Bonchev–Trinajstić information content (AvgIpc) is 3.51. The number of rotatable bonds is 6. The molecule has 0 aromatic carbocycles. The van der Waals surface area contributed by atoms with Crippen molar-refractivity contribution < 1.29 is 9.53 Å². The minimum absolute atomic E-state index is 0.0533. The number of hydrogen-bond donors (Lipinski definition) is 0. The normalized spacial score (nSPS) is 19.1. The quantitative estimate of drug-likeness (QED) is 0.729. The zero-order valence-corrected chi connectivity index (χ0v) is 17.8. The number of methoxy groups -OCH3 is 1. The lowest BCUT2D eigenvalue weighted by molar-refractivity contribution is -0.134. The SMILES string of the molecule is COCCC(=O)N1CCN(c2nc(C3CC3)c(-c3ccnn3C)cc2C#N)C[C@H]1C. The highest BCUT2D eigenvalue weighted by Crippen LogP contribution is 2.44. The zero-order chi connectivity index (χ0) is 21.3. The van der Waals surface area contributed by atoms with Crippen molar-refractivity contribution in [2.75, 3.05) is 38.3 Å². The molecule has 0 unspecified atom stereocenters. The Bertz CT molecular complexity index is 974. The van der Waals surface area contributed by atoms with Crippen molar-refractivity contribution in [3.8, 4) is 17.3 Å². The summed E-state index contributed by atoms with van der Waals surface area (Å²) in [6, 6.07) is 6.33. The molecule has 1 saturated carbocycles. The molecular formula is C22H28N6O2. The van der Waals surface area contributed by atoms with Crippen molar-refractivity contribution >= 4 is 11.7 Å². The first-order valence-corrected chi connectivity index (χ1v) is 10.5. The summed E-state index contributed by atoms with van der Waals surface area (Å²) in [6.45, 7) is 4.44. The molecule has 2 aromatic rings. The summed E-state index contributed by atoms with van der Waals surface area (Å²) >= 11 is 0. The van der Waals surface area contributed by atoms with Crippen LogP contribution in [0.25, 0.3) is 11.3 Å². The van der Waals surface area contributed by atoms with Crippen LogP contribution in [0.4, 0.5) is 5.82 Å². The second kappa shape index (κ2) is 8.44. The molecule has 0 bridgehead atoms. The number of nitrogens with zero attached hydrogens (tertiary/aromatic N) is 6. The third kappa shape index (κ3) is 3.90. The second-order valence-electron chi connectivity index (χ2n) is 8.14. The number of carbonyl (C=O) groups excluding carboxylic acids is 1. The average molecular weight is 409 g/mol. The minimum Gasteiger partial charge on any atom is -0.384 e. The minimum atomic E-state index is 0.0533. The number of aryl methyl sites for hydroxylation is 1. The van der Waals surface area contributed by atoms with Gasteiger partial charge in [-0.3, -0.25) is 9.48 Å². The summed E-state index contributed by atoms with van der Waals surface area (Å²) in [5.74, 6) is 1.29. The molecule has 3 heterocycles. The summed E-state index contributed by atoms with van der Waals surface area (Å²) in [6.07, 6.45) is 4.42. The molecule has 1 amide bonds. The van der Waals surface area contributed by atoms with E-state index in [1.807, 2.05) is 28.8 Å². The third-order valence-electron chi connectivity index (χ3n) is 5.98. The van der Waals surface area contributed by atoms with E-state index in [9.17, 15) is 10.1 Å². The van der Waals surface area contributed by atoms with Gasteiger partial charge < -0.3 is 14.5 Å². The molecule has 1 aliphatic heterocycles. The number of amides is 1. The van der Waals surface area contributed by atoms with E-state index >= 15 is 0 Å². The maximum absolute atomic E-state index is 12.4.